The number of pyridine rings is 1. The van der Waals surface area contributed by atoms with Crippen LogP contribution < -0.4 is 0 Å². The van der Waals surface area contributed by atoms with Crippen LogP contribution >= 0.6 is 0 Å². The molecule has 1 aliphatic rings. The van der Waals surface area contributed by atoms with E-state index in [0.717, 1.165) is 36.4 Å². The summed E-state index contributed by atoms with van der Waals surface area (Å²) in [5.41, 5.74) is 3.03. The summed E-state index contributed by atoms with van der Waals surface area (Å²) in [6.07, 6.45) is 3.83. The lowest BCUT2D eigenvalue weighted by atomic mass is 10.2. The zero-order chi connectivity index (χ0) is 19.3. The molecule has 1 amide bonds. The van der Waals surface area contributed by atoms with Crippen molar-refractivity contribution >= 4 is 5.91 Å². The van der Waals surface area contributed by atoms with E-state index in [1.54, 1.807) is 11.1 Å². The molecule has 28 heavy (non-hydrogen) atoms. The van der Waals surface area contributed by atoms with Crippen molar-refractivity contribution in [1.82, 2.24) is 19.9 Å². The minimum Gasteiger partial charge on any atom is -0.376 e. The van der Waals surface area contributed by atoms with Crippen LogP contribution in [0.3, 0.4) is 0 Å². The second-order valence-electron chi connectivity index (χ2n) is 7.07. The molecule has 4 rings (SSSR count). The van der Waals surface area contributed by atoms with Crippen LogP contribution in [-0.4, -0.2) is 45.0 Å². The predicted octanol–water partition coefficient (Wildman–Crippen LogP) is 3.60. The maximum atomic E-state index is 13.4. The highest BCUT2D eigenvalue weighted by atomic mass is 16.5. The Morgan fingerprint density at radius 3 is 2.75 bits per heavy atom. The average Bonchev–Trinajstić information content (AvgIpc) is 3.38. The highest BCUT2D eigenvalue weighted by Gasteiger charge is 2.27. The second-order valence-corrected chi connectivity index (χ2v) is 7.07. The van der Waals surface area contributed by atoms with E-state index in [0.29, 0.717) is 24.6 Å². The Hall–Kier alpha value is -2.99. The molecule has 6 nitrogen and oxygen atoms in total. The van der Waals surface area contributed by atoms with Gasteiger partial charge in [-0.15, -0.1) is 0 Å². The van der Waals surface area contributed by atoms with E-state index in [9.17, 15) is 4.79 Å². The van der Waals surface area contributed by atoms with Crippen molar-refractivity contribution in [3.63, 3.8) is 0 Å². The normalized spacial score (nSPS) is 16.2. The third-order valence-electron chi connectivity index (χ3n) is 4.95. The topological polar surface area (TPSA) is 71.1 Å². The SMILES string of the molecule is Cc1[nH]c(-c2ccccc2)nc1C(=O)N(Cc1ccccn1)CC1CCCO1. The minimum absolute atomic E-state index is 0.0699. The van der Waals surface area contributed by atoms with Gasteiger partial charge < -0.3 is 14.6 Å². The number of nitrogens with zero attached hydrogens (tertiary/aromatic N) is 3. The highest BCUT2D eigenvalue weighted by Crippen LogP contribution is 2.21. The number of carbonyl (C=O) groups is 1. The van der Waals surface area contributed by atoms with E-state index in [4.69, 9.17) is 4.74 Å². The summed E-state index contributed by atoms with van der Waals surface area (Å²) < 4.78 is 5.77. The number of carbonyl (C=O) groups excluding carboxylic acids is 1. The summed E-state index contributed by atoms with van der Waals surface area (Å²) in [7, 11) is 0. The Morgan fingerprint density at radius 2 is 2.04 bits per heavy atom. The number of aryl methyl sites for hydroxylation is 1. The molecule has 1 N–H and O–H groups in total. The van der Waals surface area contributed by atoms with Gasteiger partial charge in [0.15, 0.2) is 0 Å². The molecule has 6 heteroatoms. The maximum absolute atomic E-state index is 13.4. The molecule has 0 aliphatic carbocycles. The Balaban J connectivity index is 1.60. The van der Waals surface area contributed by atoms with E-state index in [-0.39, 0.29) is 12.0 Å². The number of imidazole rings is 1. The molecule has 1 aromatic carbocycles. The Labute approximate surface area is 164 Å². The molecular weight excluding hydrogens is 352 g/mol. The van der Waals surface area contributed by atoms with Gasteiger partial charge >= 0.3 is 0 Å². The van der Waals surface area contributed by atoms with Crippen LogP contribution in [0, 0.1) is 6.92 Å². The third-order valence-corrected chi connectivity index (χ3v) is 4.95. The number of nitrogens with one attached hydrogen (secondary N) is 1. The third kappa shape index (κ3) is 4.12. The first kappa shape index (κ1) is 18.4. The molecule has 1 atom stereocenters. The van der Waals surface area contributed by atoms with Gasteiger partial charge in [-0.1, -0.05) is 36.4 Å². The van der Waals surface area contributed by atoms with Crippen molar-refractivity contribution in [2.45, 2.75) is 32.4 Å². The van der Waals surface area contributed by atoms with Gasteiger partial charge in [-0.3, -0.25) is 9.78 Å². The number of aromatic amines is 1. The lowest BCUT2D eigenvalue weighted by molar-refractivity contribution is 0.0500. The van der Waals surface area contributed by atoms with Crippen LogP contribution in [0.25, 0.3) is 11.4 Å². The predicted molar refractivity (Wildman–Crippen MR) is 107 cm³/mol. The monoisotopic (exact) mass is 376 g/mol. The van der Waals surface area contributed by atoms with Crippen molar-refractivity contribution < 1.29 is 9.53 Å². The largest absolute Gasteiger partial charge is 0.376 e. The van der Waals surface area contributed by atoms with Crippen molar-refractivity contribution in [2.75, 3.05) is 13.2 Å². The van der Waals surface area contributed by atoms with Crippen molar-refractivity contribution in [3.8, 4) is 11.4 Å². The molecule has 144 valence electrons. The van der Waals surface area contributed by atoms with Crippen LogP contribution in [0.5, 0.6) is 0 Å². The molecule has 0 radical (unpaired) electrons. The number of ether oxygens (including phenoxy) is 1. The molecule has 1 aliphatic heterocycles. The fourth-order valence-electron chi connectivity index (χ4n) is 3.49. The van der Waals surface area contributed by atoms with Crippen LogP contribution in [0.4, 0.5) is 0 Å². The number of rotatable bonds is 6. The summed E-state index contributed by atoms with van der Waals surface area (Å²) in [6.45, 7) is 3.63. The second kappa shape index (κ2) is 8.35. The molecular formula is C22H24N4O2. The Kier molecular flexibility index (Phi) is 5.48. The van der Waals surface area contributed by atoms with E-state index in [2.05, 4.69) is 15.0 Å². The summed E-state index contributed by atoms with van der Waals surface area (Å²) in [5, 5.41) is 0. The molecule has 0 spiro atoms. The summed E-state index contributed by atoms with van der Waals surface area (Å²) in [4.78, 5) is 27.4. The van der Waals surface area contributed by atoms with Gasteiger partial charge in [0.05, 0.1) is 18.3 Å². The van der Waals surface area contributed by atoms with Crippen molar-refractivity contribution in [1.29, 1.82) is 0 Å². The fourth-order valence-corrected chi connectivity index (χ4v) is 3.49. The van der Waals surface area contributed by atoms with Gasteiger partial charge in [-0.05, 0) is 31.9 Å². The molecule has 1 fully saturated rings. The highest BCUT2D eigenvalue weighted by molar-refractivity contribution is 5.94. The summed E-state index contributed by atoms with van der Waals surface area (Å²) in [6, 6.07) is 15.6. The van der Waals surface area contributed by atoms with Crippen LogP contribution in [-0.2, 0) is 11.3 Å². The molecule has 0 bridgehead atoms. The summed E-state index contributed by atoms with van der Waals surface area (Å²) in [5.74, 6) is 0.605. The van der Waals surface area contributed by atoms with E-state index in [1.165, 1.54) is 0 Å². The summed E-state index contributed by atoms with van der Waals surface area (Å²) >= 11 is 0. The van der Waals surface area contributed by atoms with E-state index >= 15 is 0 Å². The smallest absolute Gasteiger partial charge is 0.274 e. The van der Waals surface area contributed by atoms with E-state index in [1.807, 2.05) is 55.5 Å². The first-order valence-electron chi connectivity index (χ1n) is 9.63. The van der Waals surface area contributed by atoms with Gasteiger partial charge in [-0.25, -0.2) is 4.98 Å². The molecule has 0 saturated carbocycles. The van der Waals surface area contributed by atoms with Crippen molar-refractivity contribution in [2.24, 2.45) is 0 Å². The minimum atomic E-state index is -0.0999. The lowest BCUT2D eigenvalue weighted by Crippen LogP contribution is -2.37. The molecule has 2 aromatic heterocycles. The quantitative estimate of drug-likeness (QED) is 0.713. The number of hydrogen-bond donors (Lipinski definition) is 1. The van der Waals surface area contributed by atoms with Crippen LogP contribution in [0.15, 0.2) is 54.7 Å². The van der Waals surface area contributed by atoms with Gasteiger partial charge in [-0.2, -0.15) is 0 Å². The standard InChI is InChI=1S/C22H24N4O2/c1-16-20(25-21(24-16)17-8-3-2-4-9-17)22(27)26(15-19-11-7-13-28-19)14-18-10-5-6-12-23-18/h2-6,8-10,12,19H,7,11,13-15H2,1H3,(H,24,25). The molecule has 3 heterocycles. The van der Waals surface area contributed by atoms with E-state index < -0.39 is 0 Å². The van der Waals surface area contributed by atoms with Crippen molar-refractivity contribution in [3.05, 3.63) is 71.8 Å². The lowest BCUT2D eigenvalue weighted by Gasteiger charge is -2.24. The fraction of sp³-hybridized carbons (Fsp3) is 0.318. The number of aromatic nitrogens is 3. The first-order valence-corrected chi connectivity index (χ1v) is 9.63. The Bertz CT molecular complexity index is 918. The Morgan fingerprint density at radius 1 is 1.21 bits per heavy atom. The first-order chi connectivity index (χ1) is 13.7. The molecule has 1 unspecified atom stereocenters. The van der Waals surface area contributed by atoms with Crippen LogP contribution in [0.1, 0.15) is 34.7 Å². The average molecular weight is 376 g/mol. The molecule has 3 aromatic rings. The van der Waals surface area contributed by atoms with Gasteiger partial charge in [0.25, 0.3) is 5.91 Å². The zero-order valence-corrected chi connectivity index (χ0v) is 16.0. The number of hydrogen-bond acceptors (Lipinski definition) is 4. The number of benzene rings is 1. The maximum Gasteiger partial charge on any atom is 0.274 e. The van der Waals surface area contributed by atoms with Gasteiger partial charge in [0.2, 0.25) is 0 Å². The van der Waals surface area contributed by atoms with Gasteiger partial charge in [0.1, 0.15) is 11.5 Å². The number of amides is 1. The van der Waals surface area contributed by atoms with Crippen LogP contribution in [0.2, 0.25) is 0 Å². The molecule has 1 saturated heterocycles. The number of H-pyrrole nitrogens is 1. The zero-order valence-electron chi connectivity index (χ0n) is 16.0. The van der Waals surface area contributed by atoms with Gasteiger partial charge in [0, 0.05) is 30.6 Å².